The van der Waals surface area contributed by atoms with Crippen LogP contribution in [0.3, 0.4) is 0 Å². The van der Waals surface area contributed by atoms with Crippen LogP contribution >= 0.6 is 0 Å². The van der Waals surface area contributed by atoms with E-state index in [0.717, 1.165) is 49.7 Å². The van der Waals surface area contributed by atoms with E-state index in [2.05, 4.69) is 11.8 Å². The first-order valence-corrected chi connectivity index (χ1v) is 9.50. The van der Waals surface area contributed by atoms with Crippen molar-refractivity contribution in [1.29, 1.82) is 0 Å². The number of carbonyl (C=O) groups excluding carboxylic acids is 1. The van der Waals surface area contributed by atoms with E-state index in [1.54, 1.807) is 6.08 Å². The van der Waals surface area contributed by atoms with Gasteiger partial charge in [-0.1, -0.05) is 35.9 Å². The molecule has 1 heterocycles. The van der Waals surface area contributed by atoms with Gasteiger partial charge in [-0.2, -0.15) is 0 Å². The molecule has 0 unspecified atom stereocenters. The molecule has 0 saturated carbocycles. The third-order valence-corrected chi connectivity index (χ3v) is 4.65. The van der Waals surface area contributed by atoms with Gasteiger partial charge in [0.2, 0.25) is 0 Å². The molecule has 1 aliphatic rings. The van der Waals surface area contributed by atoms with Crippen molar-refractivity contribution in [3.05, 3.63) is 70.8 Å². The zero-order chi connectivity index (χ0) is 19.1. The van der Waals surface area contributed by atoms with Crippen LogP contribution in [-0.4, -0.2) is 43.6 Å². The number of aryl methyl sites for hydroxylation is 1. The third kappa shape index (κ3) is 5.52. The summed E-state index contributed by atoms with van der Waals surface area (Å²) < 4.78 is 11.2. The molecule has 1 fully saturated rings. The predicted octanol–water partition coefficient (Wildman–Crippen LogP) is 4.12. The number of carbonyl (C=O) groups is 1. The number of hydrogen-bond acceptors (Lipinski definition) is 4. The van der Waals surface area contributed by atoms with E-state index in [-0.39, 0.29) is 5.78 Å². The van der Waals surface area contributed by atoms with E-state index in [0.29, 0.717) is 12.2 Å². The Balaban J connectivity index is 1.76. The summed E-state index contributed by atoms with van der Waals surface area (Å²) in [7, 11) is 0. The molecule has 4 heteroatoms. The van der Waals surface area contributed by atoms with Gasteiger partial charge in [0, 0.05) is 30.8 Å². The zero-order valence-corrected chi connectivity index (χ0v) is 16.1. The molecular weight excluding hydrogens is 338 g/mol. The molecule has 142 valence electrons. The summed E-state index contributed by atoms with van der Waals surface area (Å²) in [6.07, 6.45) is 3.50. The number of rotatable bonds is 7. The minimum absolute atomic E-state index is 0.00171. The van der Waals surface area contributed by atoms with Crippen molar-refractivity contribution >= 4 is 11.9 Å². The normalized spacial score (nSPS) is 15.2. The van der Waals surface area contributed by atoms with E-state index < -0.39 is 0 Å². The molecule has 0 radical (unpaired) electrons. The van der Waals surface area contributed by atoms with Gasteiger partial charge in [-0.15, -0.1) is 0 Å². The smallest absolute Gasteiger partial charge is 0.185 e. The standard InChI is InChI=1S/C23H27NO3/c1-3-27-23-11-9-20(16-21(23)17-24-12-14-26-15-13-24)22(25)10-8-19-6-4-18(2)5-7-19/h4-11,16H,3,12-15,17H2,1-2H3/b10-8+. The summed E-state index contributed by atoms with van der Waals surface area (Å²) in [5.74, 6) is 0.852. The van der Waals surface area contributed by atoms with Crippen LogP contribution in [0.2, 0.25) is 0 Å². The zero-order valence-electron chi connectivity index (χ0n) is 16.1. The molecule has 3 rings (SSSR count). The van der Waals surface area contributed by atoms with Gasteiger partial charge < -0.3 is 9.47 Å². The number of hydrogen-bond donors (Lipinski definition) is 0. The number of benzene rings is 2. The second-order valence-electron chi connectivity index (χ2n) is 6.75. The highest BCUT2D eigenvalue weighted by atomic mass is 16.5. The lowest BCUT2D eigenvalue weighted by Crippen LogP contribution is -2.35. The average Bonchev–Trinajstić information content (AvgIpc) is 2.69. The molecule has 4 nitrogen and oxygen atoms in total. The number of ketones is 1. The molecule has 0 aromatic heterocycles. The largest absolute Gasteiger partial charge is 0.494 e. The Bertz CT molecular complexity index is 790. The second kappa shape index (κ2) is 9.49. The predicted molar refractivity (Wildman–Crippen MR) is 108 cm³/mol. The summed E-state index contributed by atoms with van der Waals surface area (Å²) in [6.45, 7) is 8.70. The fourth-order valence-corrected chi connectivity index (χ4v) is 3.10. The molecule has 2 aromatic carbocycles. The summed E-state index contributed by atoms with van der Waals surface area (Å²) in [5.41, 5.74) is 3.96. The molecule has 0 spiro atoms. The number of morpholine rings is 1. The highest BCUT2D eigenvalue weighted by molar-refractivity contribution is 6.07. The summed E-state index contributed by atoms with van der Waals surface area (Å²) in [4.78, 5) is 15.0. The average molecular weight is 365 g/mol. The lowest BCUT2D eigenvalue weighted by molar-refractivity contribution is 0.0338. The van der Waals surface area contributed by atoms with Gasteiger partial charge in [0.1, 0.15) is 5.75 Å². The summed E-state index contributed by atoms with van der Waals surface area (Å²) in [5, 5.41) is 0. The van der Waals surface area contributed by atoms with Crippen LogP contribution in [0, 0.1) is 6.92 Å². The maximum Gasteiger partial charge on any atom is 0.185 e. The van der Waals surface area contributed by atoms with Crippen LogP contribution in [0.1, 0.15) is 34.0 Å². The highest BCUT2D eigenvalue weighted by Crippen LogP contribution is 2.23. The lowest BCUT2D eigenvalue weighted by Gasteiger charge is -2.27. The number of ether oxygens (including phenoxy) is 2. The van der Waals surface area contributed by atoms with Crippen molar-refractivity contribution in [2.45, 2.75) is 20.4 Å². The van der Waals surface area contributed by atoms with Crippen molar-refractivity contribution in [3.8, 4) is 5.75 Å². The minimum atomic E-state index is 0.00171. The van der Waals surface area contributed by atoms with E-state index >= 15 is 0 Å². The van der Waals surface area contributed by atoms with E-state index in [4.69, 9.17) is 9.47 Å². The SMILES string of the molecule is CCOc1ccc(C(=O)/C=C/c2ccc(C)cc2)cc1CN1CCOCC1. The monoisotopic (exact) mass is 365 g/mol. The minimum Gasteiger partial charge on any atom is -0.494 e. The van der Waals surface area contributed by atoms with Crippen molar-refractivity contribution < 1.29 is 14.3 Å². The van der Waals surface area contributed by atoms with Gasteiger partial charge >= 0.3 is 0 Å². The van der Waals surface area contributed by atoms with Crippen LogP contribution in [0.5, 0.6) is 5.75 Å². The Morgan fingerprint density at radius 2 is 1.89 bits per heavy atom. The Morgan fingerprint density at radius 3 is 2.59 bits per heavy atom. The fourth-order valence-electron chi connectivity index (χ4n) is 3.10. The first-order chi connectivity index (χ1) is 13.2. The molecule has 1 aliphatic heterocycles. The van der Waals surface area contributed by atoms with E-state index in [1.165, 1.54) is 5.56 Å². The van der Waals surface area contributed by atoms with Crippen LogP contribution in [0.15, 0.2) is 48.5 Å². The molecular formula is C23H27NO3. The van der Waals surface area contributed by atoms with Crippen molar-refractivity contribution in [1.82, 2.24) is 4.90 Å². The first kappa shape index (κ1) is 19.3. The molecule has 2 aromatic rings. The fraction of sp³-hybridized carbons (Fsp3) is 0.348. The molecule has 0 aliphatic carbocycles. The number of nitrogens with zero attached hydrogens (tertiary/aromatic N) is 1. The Morgan fingerprint density at radius 1 is 1.15 bits per heavy atom. The van der Waals surface area contributed by atoms with Gasteiger partial charge in [0.05, 0.1) is 19.8 Å². The molecule has 0 bridgehead atoms. The molecule has 1 saturated heterocycles. The summed E-state index contributed by atoms with van der Waals surface area (Å²) in [6, 6.07) is 13.8. The van der Waals surface area contributed by atoms with Gasteiger partial charge in [-0.05, 0) is 43.7 Å². The van der Waals surface area contributed by atoms with Gasteiger partial charge in [-0.25, -0.2) is 0 Å². The van der Waals surface area contributed by atoms with Crippen LogP contribution < -0.4 is 4.74 Å². The van der Waals surface area contributed by atoms with Gasteiger partial charge in [0.15, 0.2) is 5.78 Å². The first-order valence-electron chi connectivity index (χ1n) is 9.50. The van der Waals surface area contributed by atoms with Gasteiger partial charge in [0.25, 0.3) is 0 Å². The van der Waals surface area contributed by atoms with Crippen LogP contribution in [0.4, 0.5) is 0 Å². The molecule has 0 amide bonds. The summed E-state index contributed by atoms with van der Waals surface area (Å²) >= 11 is 0. The Labute approximate surface area is 161 Å². The lowest BCUT2D eigenvalue weighted by atomic mass is 10.0. The van der Waals surface area contributed by atoms with Crippen molar-refractivity contribution in [3.63, 3.8) is 0 Å². The Kier molecular flexibility index (Phi) is 6.80. The highest BCUT2D eigenvalue weighted by Gasteiger charge is 2.15. The van der Waals surface area contributed by atoms with E-state index in [9.17, 15) is 4.79 Å². The van der Waals surface area contributed by atoms with Gasteiger partial charge in [-0.3, -0.25) is 9.69 Å². The second-order valence-corrected chi connectivity index (χ2v) is 6.75. The molecule has 0 atom stereocenters. The topological polar surface area (TPSA) is 38.8 Å². The molecule has 0 N–H and O–H groups in total. The van der Waals surface area contributed by atoms with Crippen molar-refractivity contribution in [2.75, 3.05) is 32.9 Å². The third-order valence-electron chi connectivity index (χ3n) is 4.65. The van der Waals surface area contributed by atoms with Crippen LogP contribution in [0.25, 0.3) is 6.08 Å². The molecule has 27 heavy (non-hydrogen) atoms. The maximum atomic E-state index is 12.6. The number of allylic oxidation sites excluding steroid dienone is 1. The Hall–Kier alpha value is -2.43. The maximum absolute atomic E-state index is 12.6. The van der Waals surface area contributed by atoms with E-state index in [1.807, 2.05) is 55.5 Å². The van der Waals surface area contributed by atoms with Crippen LogP contribution in [-0.2, 0) is 11.3 Å². The quantitative estimate of drug-likeness (QED) is 0.546. The van der Waals surface area contributed by atoms with Crippen molar-refractivity contribution in [2.24, 2.45) is 0 Å².